The summed E-state index contributed by atoms with van der Waals surface area (Å²) in [5, 5.41) is 15.8. The van der Waals surface area contributed by atoms with Gasteiger partial charge in [0.2, 0.25) is 0 Å². The van der Waals surface area contributed by atoms with E-state index < -0.39 is 0 Å². The minimum atomic E-state index is 0.913. The summed E-state index contributed by atoms with van der Waals surface area (Å²) in [5.74, 6) is 0. The minimum absolute atomic E-state index is 0.913. The van der Waals surface area contributed by atoms with Crippen LogP contribution in [0.5, 0.6) is 0 Å². The highest BCUT2D eigenvalue weighted by Crippen LogP contribution is 1.72. The molecule has 0 aliphatic carbocycles. The molecule has 2 nitrogen and oxygen atoms in total. The molecule has 0 heterocycles. The fourth-order valence-electron chi connectivity index (χ4n) is 0.211. The SMILES string of the molecule is CCC=CO.CCC=CO. The van der Waals surface area contributed by atoms with Crippen molar-refractivity contribution in [3.8, 4) is 0 Å². The largest absolute Gasteiger partial charge is 0.516 e. The van der Waals surface area contributed by atoms with Gasteiger partial charge in [0.15, 0.2) is 0 Å². The average Bonchev–Trinajstić information content (AvgIpc) is 1.93. The third-order valence-electron chi connectivity index (χ3n) is 0.682. The van der Waals surface area contributed by atoms with Gasteiger partial charge in [0, 0.05) is 0 Å². The van der Waals surface area contributed by atoms with Crippen LogP contribution < -0.4 is 0 Å². The first-order chi connectivity index (χ1) is 4.83. The monoisotopic (exact) mass is 144 g/mol. The zero-order valence-corrected chi connectivity index (χ0v) is 6.62. The highest BCUT2D eigenvalue weighted by Gasteiger charge is 1.54. The second kappa shape index (κ2) is 15.7. The third kappa shape index (κ3) is 27.6. The van der Waals surface area contributed by atoms with Gasteiger partial charge in [0.25, 0.3) is 0 Å². The summed E-state index contributed by atoms with van der Waals surface area (Å²) >= 11 is 0. The van der Waals surface area contributed by atoms with E-state index in [9.17, 15) is 0 Å². The third-order valence-corrected chi connectivity index (χ3v) is 0.682. The molecular formula is C8H16O2. The lowest BCUT2D eigenvalue weighted by molar-refractivity contribution is 0.471. The predicted molar refractivity (Wildman–Crippen MR) is 44.1 cm³/mol. The maximum absolute atomic E-state index is 7.89. The molecule has 0 radical (unpaired) electrons. The Hall–Kier alpha value is -0.920. The van der Waals surface area contributed by atoms with Crippen LogP contribution in [-0.2, 0) is 0 Å². The molecule has 0 fully saturated rings. The van der Waals surface area contributed by atoms with E-state index in [1.54, 1.807) is 12.2 Å². The first-order valence-corrected chi connectivity index (χ1v) is 3.41. The van der Waals surface area contributed by atoms with Crippen LogP contribution in [0.15, 0.2) is 24.7 Å². The quantitative estimate of drug-likeness (QED) is 0.585. The second-order valence-corrected chi connectivity index (χ2v) is 1.59. The lowest BCUT2D eigenvalue weighted by Crippen LogP contribution is -1.48. The van der Waals surface area contributed by atoms with Crippen LogP contribution >= 0.6 is 0 Å². The molecule has 0 amide bonds. The van der Waals surface area contributed by atoms with Crippen molar-refractivity contribution in [2.24, 2.45) is 0 Å². The molecule has 0 aromatic heterocycles. The summed E-state index contributed by atoms with van der Waals surface area (Å²) in [5.41, 5.74) is 0. The smallest absolute Gasteiger partial charge is 0.0751 e. The van der Waals surface area contributed by atoms with Crippen molar-refractivity contribution >= 4 is 0 Å². The molecule has 0 bridgehead atoms. The molecule has 60 valence electrons. The normalized spacial score (nSPS) is 9.80. The van der Waals surface area contributed by atoms with Gasteiger partial charge < -0.3 is 10.2 Å². The van der Waals surface area contributed by atoms with Crippen molar-refractivity contribution in [1.29, 1.82) is 0 Å². The zero-order valence-electron chi connectivity index (χ0n) is 6.62. The van der Waals surface area contributed by atoms with Crippen molar-refractivity contribution in [3.63, 3.8) is 0 Å². The summed E-state index contributed by atoms with van der Waals surface area (Å²) in [6.45, 7) is 3.93. The van der Waals surface area contributed by atoms with Crippen LogP contribution in [0.25, 0.3) is 0 Å². The number of hydrogen-bond donors (Lipinski definition) is 2. The Kier molecular flexibility index (Phi) is 18.6. The highest BCUT2D eigenvalue weighted by molar-refractivity contribution is 4.67. The first-order valence-electron chi connectivity index (χ1n) is 3.41. The summed E-state index contributed by atoms with van der Waals surface area (Å²) in [6.07, 6.45) is 7.30. The van der Waals surface area contributed by atoms with Crippen LogP contribution in [-0.4, -0.2) is 10.2 Å². The molecular weight excluding hydrogens is 128 g/mol. The lowest BCUT2D eigenvalue weighted by Gasteiger charge is -1.65. The molecule has 0 unspecified atom stereocenters. The van der Waals surface area contributed by atoms with Gasteiger partial charge >= 0.3 is 0 Å². The summed E-state index contributed by atoms with van der Waals surface area (Å²) in [7, 11) is 0. The number of allylic oxidation sites excluding steroid dienone is 2. The van der Waals surface area contributed by atoms with Gasteiger partial charge in [-0.25, -0.2) is 0 Å². The molecule has 2 N–H and O–H groups in total. The molecule has 0 rings (SSSR count). The maximum atomic E-state index is 7.89. The molecule has 0 spiro atoms. The Bertz CT molecular complexity index is 73.3. The number of aliphatic hydroxyl groups is 2. The van der Waals surface area contributed by atoms with Gasteiger partial charge in [-0.1, -0.05) is 26.0 Å². The Balaban J connectivity index is 0. The van der Waals surface area contributed by atoms with E-state index in [-0.39, 0.29) is 0 Å². The van der Waals surface area contributed by atoms with Crippen molar-refractivity contribution in [2.45, 2.75) is 26.7 Å². The Labute approximate surface area is 62.5 Å². The van der Waals surface area contributed by atoms with Gasteiger partial charge in [-0.3, -0.25) is 0 Å². The molecule has 0 atom stereocenters. The van der Waals surface area contributed by atoms with Gasteiger partial charge in [-0.05, 0) is 12.8 Å². The molecule has 0 aromatic carbocycles. The van der Waals surface area contributed by atoms with Gasteiger partial charge in [0.05, 0.1) is 12.5 Å². The van der Waals surface area contributed by atoms with Crippen LogP contribution in [0.1, 0.15) is 26.7 Å². The minimum Gasteiger partial charge on any atom is -0.516 e. The highest BCUT2D eigenvalue weighted by atomic mass is 16.2. The van der Waals surface area contributed by atoms with E-state index in [0.717, 1.165) is 25.4 Å². The van der Waals surface area contributed by atoms with Crippen molar-refractivity contribution < 1.29 is 10.2 Å². The van der Waals surface area contributed by atoms with Crippen LogP contribution in [0.3, 0.4) is 0 Å². The van der Waals surface area contributed by atoms with Crippen molar-refractivity contribution in [3.05, 3.63) is 24.7 Å². The summed E-state index contributed by atoms with van der Waals surface area (Å²) in [6, 6.07) is 0. The summed E-state index contributed by atoms with van der Waals surface area (Å²) in [4.78, 5) is 0. The molecule has 0 aliphatic rings. The molecule has 0 aromatic rings. The predicted octanol–water partition coefficient (Wildman–Crippen LogP) is 2.94. The second-order valence-electron chi connectivity index (χ2n) is 1.59. The van der Waals surface area contributed by atoms with E-state index in [0.29, 0.717) is 0 Å². The Morgan fingerprint density at radius 2 is 1.20 bits per heavy atom. The van der Waals surface area contributed by atoms with Crippen molar-refractivity contribution in [2.75, 3.05) is 0 Å². The van der Waals surface area contributed by atoms with E-state index in [1.807, 2.05) is 13.8 Å². The van der Waals surface area contributed by atoms with Gasteiger partial charge in [-0.2, -0.15) is 0 Å². The summed E-state index contributed by atoms with van der Waals surface area (Å²) < 4.78 is 0. The van der Waals surface area contributed by atoms with Crippen molar-refractivity contribution in [1.82, 2.24) is 0 Å². The number of hydrogen-bond acceptors (Lipinski definition) is 2. The Morgan fingerprint density at radius 1 is 0.900 bits per heavy atom. The molecule has 0 aliphatic heterocycles. The number of aliphatic hydroxyl groups excluding tert-OH is 2. The molecule has 2 heteroatoms. The molecule has 0 saturated heterocycles. The zero-order chi connectivity index (χ0) is 8.24. The standard InChI is InChI=1S/2C4H8O/c2*1-2-3-4-5/h2*3-5H,2H2,1H3. The Morgan fingerprint density at radius 3 is 1.20 bits per heavy atom. The topological polar surface area (TPSA) is 40.5 Å². The molecule has 10 heavy (non-hydrogen) atoms. The van der Waals surface area contributed by atoms with Crippen LogP contribution in [0, 0.1) is 0 Å². The lowest BCUT2D eigenvalue weighted by atomic mass is 10.5. The average molecular weight is 144 g/mol. The fourth-order valence-corrected chi connectivity index (χ4v) is 0.211. The van der Waals surface area contributed by atoms with Gasteiger partial charge in [-0.15, -0.1) is 0 Å². The maximum Gasteiger partial charge on any atom is 0.0751 e. The van der Waals surface area contributed by atoms with E-state index in [1.165, 1.54) is 0 Å². The van der Waals surface area contributed by atoms with Crippen LogP contribution in [0.4, 0.5) is 0 Å². The molecule has 0 saturated carbocycles. The van der Waals surface area contributed by atoms with E-state index in [2.05, 4.69) is 0 Å². The first kappa shape index (κ1) is 11.8. The van der Waals surface area contributed by atoms with Crippen LogP contribution in [0.2, 0.25) is 0 Å². The number of rotatable bonds is 2. The fraction of sp³-hybridized carbons (Fsp3) is 0.500. The van der Waals surface area contributed by atoms with E-state index >= 15 is 0 Å². The van der Waals surface area contributed by atoms with E-state index in [4.69, 9.17) is 10.2 Å². The van der Waals surface area contributed by atoms with Gasteiger partial charge in [0.1, 0.15) is 0 Å².